The predicted octanol–water partition coefficient (Wildman–Crippen LogP) is 3.91. The summed E-state index contributed by atoms with van der Waals surface area (Å²) in [6, 6.07) is 2.23. The Morgan fingerprint density at radius 2 is 2.14 bits per heavy atom. The van der Waals surface area contributed by atoms with Crippen molar-refractivity contribution < 1.29 is 0 Å². The molecule has 1 fully saturated rings. The highest BCUT2D eigenvalue weighted by molar-refractivity contribution is 7.18. The van der Waals surface area contributed by atoms with Crippen LogP contribution in [0.25, 0.3) is 10.2 Å². The monoisotopic (exact) mass is 304 g/mol. The second-order valence-electron chi connectivity index (χ2n) is 6.17. The third kappa shape index (κ3) is 2.84. The number of aryl methyl sites for hydroxylation is 1. The smallest absolute Gasteiger partial charge is 0.226 e. The van der Waals surface area contributed by atoms with Gasteiger partial charge in [-0.1, -0.05) is 13.8 Å². The molecule has 1 aliphatic rings. The first-order chi connectivity index (χ1) is 10.1. The minimum Gasteiger partial charge on any atom is -0.356 e. The predicted molar refractivity (Wildman–Crippen MR) is 91.5 cm³/mol. The van der Waals surface area contributed by atoms with Crippen molar-refractivity contribution in [1.29, 1.82) is 0 Å². The summed E-state index contributed by atoms with van der Waals surface area (Å²) in [7, 11) is 0. The molecule has 0 aliphatic carbocycles. The molecule has 5 heteroatoms. The molecule has 0 spiro atoms. The molecule has 0 aromatic carbocycles. The molecule has 1 N–H and O–H groups in total. The average Bonchev–Trinajstić information content (AvgIpc) is 2.81. The van der Waals surface area contributed by atoms with E-state index in [-0.39, 0.29) is 0 Å². The molecular formula is C16H24N4S. The van der Waals surface area contributed by atoms with Gasteiger partial charge in [0.2, 0.25) is 5.95 Å². The van der Waals surface area contributed by atoms with Crippen LogP contribution in [0, 0.1) is 18.8 Å². The van der Waals surface area contributed by atoms with Gasteiger partial charge < -0.3 is 10.2 Å². The maximum Gasteiger partial charge on any atom is 0.226 e. The number of nitrogens with one attached hydrogen (secondary N) is 1. The number of fused-ring (bicyclic) bond motifs is 1. The lowest BCUT2D eigenvalue weighted by molar-refractivity contribution is 0.323. The lowest BCUT2D eigenvalue weighted by Gasteiger charge is -2.36. The van der Waals surface area contributed by atoms with Crippen LogP contribution in [0.4, 0.5) is 11.8 Å². The minimum absolute atomic E-state index is 0.714. The number of nitrogens with zero attached hydrogens (tertiary/aromatic N) is 3. The molecule has 3 rings (SSSR count). The van der Waals surface area contributed by atoms with Gasteiger partial charge in [0.05, 0.1) is 5.39 Å². The van der Waals surface area contributed by atoms with Crippen LogP contribution in [0.15, 0.2) is 6.07 Å². The van der Waals surface area contributed by atoms with Crippen LogP contribution < -0.4 is 10.2 Å². The Balaban J connectivity index is 2.03. The molecule has 1 saturated heterocycles. The Morgan fingerprint density at radius 3 is 2.86 bits per heavy atom. The normalized spacial score (nSPS) is 22.8. The standard InChI is InChI=1S/C16H24N4S/c1-5-17-16-18-14(13-8-12(4)21-15(13)19-16)20-7-6-10(2)11(3)9-20/h8,10-11H,5-7,9H2,1-4H3,(H,17,18,19). The van der Waals surface area contributed by atoms with Crippen molar-refractivity contribution in [2.24, 2.45) is 11.8 Å². The molecule has 2 aromatic rings. The molecule has 0 amide bonds. The molecule has 0 radical (unpaired) electrons. The number of piperidine rings is 1. The van der Waals surface area contributed by atoms with E-state index >= 15 is 0 Å². The fourth-order valence-corrected chi connectivity index (χ4v) is 3.83. The molecule has 114 valence electrons. The van der Waals surface area contributed by atoms with Gasteiger partial charge in [-0.2, -0.15) is 4.98 Å². The van der Waals surface area contributed by atoms with Crippen LogP contribution in [0.2, 0.25) is 0 Å². The largest absolute Gasteiger partial charge is 0.356 e. The van der Waals surface area contributed by atoms with Crippen molar-refractivity contribution >= 4 is 33.3 Å². The molecule has 2 aromatic heterocycles. The van der Waals surface area contributed by atoms with E-state index in [9.17, 15) is 0 Å². The summed E-state index contributed by atoms with van der Waals surface area (Å²) in [6.07, 6.45) is 1.24. The van der Waals surface area contributed by atoms with E-state index in [4.69, 9.17) is 4.98 Å². The average molecular weight is 304 g/mol. The van der Waals surface area contributed by atoms with Gasteiger partial charge in [0.25, 0.3) is 0 Å². The first-order valence-electron chi connectivity index (χ1n) is 7.85. The topological polar surface area (TPSA) is 41.1 Å². The van der Waals surface area contributed by atoms with Gasteiger partial charge in [-0.25, -0.2) is 4.98 Å². The highest BCUT2D eigenvalue weighted by Gasteiger charge is 2.25. The summed E-state index contributed by atoms with van der Waals surface area (Å²) in [6.45, 7) is 12.0. The number of aromatic nitrogens is 2. The fraction of sp³-hybridized carbons (Fsp3) is 0.625. The summed E-state index contributed by atoms with van der Waals surface area (Å²) in [5, 5.41) is 4.48. The van der Waals surface area contributed by atoms with Crippen LogP contribution >= 0.6 is 11.3 Å². The van der Waals surface area contributed by atoms with Crippen LogP contribution in [0.3, 0.4) is 0 Å². The van der Waals surface area contributed by atoms with Gasteiger partial charge >= 0.3 is 0 Å². The molecule has 0 bridgehead atoms. The molecule has 0 saturated carbocycles. The van der Waals surface area contributed by atoms with Crippen LogP contribution in [0.5, 0.6) is 0 Å². The highest BCUT2D eigenvalue weighted by atomic mass is 32.1. The number of rotatable bonds is 3. The Labute approximate surface area is 130 Å². The number of thiophene rings is 1. The van der Waals surface area contributed by atoms with Gasteiger partial charge in [0.15, 0.2) is 0 Å². The zero-order chi connectivity index (χ0) is 15.0. The van der Waals surface area contributed by atoms with Gasteiger partial charge in [-0.05, 0) is 38.2 Å². The second kappa shape index (κ2) is 5.79. The molecule has 2 unspecified atom stereocenters. The Kier molecular flexibility index (Phi) is 4.02. The van der Waals surface area contributed by atoms with E-state index in [0.717, 1.165) is 42.1 Å². The lowest BCUT2D eigenvalue weighted by Crippen LogP contribution is -2.39. The van der Waals surface area contributed by atoms with Crippen molar-refractivity contribution in [3.05, 3.63) is 10.9 Å². The first kappa shape index (κ1) is 14.6. The molecule has 21 heavy (non-hydrogen) atoms. The highest BCUT2D eigenvalue weighted by Crippen LogP contribution is 2.34. The third-order valence-electron chi connectivity index (χ3n) is 4.46. The SMILES string of the molecule is CCNc1nc(N2CCC(C)C(C)C2)c2cc(C)sc2n1. The van der Waals surface area contributed by atoms with Crippen LogP contribution in [-0.4, -0.2) is 29.6 Å². The van der Waals surface area contributed by atoms with Gasteiger partial charge in [0, 0.05) is 24.5 Å². The van der Waals surface area contributed by atoms with Crippen LogP contribution in [-0.2, 0) is 0 Å². The zero-order valence-corrected chi connectivity index (χ0v) is 14.1. The molecular weight excluding hydrogens is 280 g/mol. The van der Waals surface area contributed by atoms with Gasteiger partial charge in [-0.3, -0.25) is 0 Å². The maximum absolute atomic E-state index is 4.80. The van der Waals surface area contributed by atoms with Crippen molar-refractivity contribution in [2.45, 2.75) is 34.1 Å². The van der Waals surface area contributed by atoms with E-state index in [2.05, 4.69) is 49.0 Å². The minimum atomic E-state index is 0.714. The third-order valence-corrected chi connectivity index (χ3v) is 5.41. The van der Waals surface area contributed by atoms with Crippen molar-refractivity contribution in [3.63, 3.8) is 0 Å². The molecule has 4 nitrogen and oxygen atoms in total. The summed E-state index contributed by atoms with van der Waals surface area (Å²) in [5.74, 6) is 3.38. The number of hydrogen-bond acceptors (Lipinski definition) is 5. The van der Waals surface area contributed by atoms with Crippen LogP contribution in [0.1, 0.15) is 32.1 Å². The maximum atomic E-state index is 4.80. The Bertz CT molecular complexity index is 636. The zero-order valence-electron chi connectivity index (χ0n) is 13.3. The van der Waals surface area contributed by atoms with Crippen molar-refractivity contribution in [3.8, 4) is 0 Å². The Morgan fingerprint density at radius 1 is 1.33 bits per heavy atom. The first-order valence-corrected chi connectivity index (χ1v) is 8.67. The van der Waals surface area contributed by atoms with E-state index in [0.29, 0.717) is 5.92 Å². The summed E-state index contributed by atoms with van der Waals surface area (Å²) in [4.78, 5) is 14.3. The lowest BCUT2D eigenvalue weighted by atomic mass is 9.88. The van der Waals surface area contributed by atoms with Gasteiger partial charge in [-0.15, -0.1) is 11.3 Å². The molecule has 3 heterocycles. The van der Waals surface area contributed by atoms with E-state index in [1.807, 2.05) is 0 Å². The van der Waals surface area contributed by atoms with Gasteiger partial charge in [0.1, 0.15) is 10.6 Å². The van der Waals surface area contributed by atoms with Crippen molar-refractivity contribution in [2.75, 3.05) is 29.9 Å². The quantitative estimate of drug-likeness (QED) is 0.933. The van der Waals surface area contributed by atoms with E-state index < -0.39 is 0 Å². The molecule has 2 atom stereocenters. The van der Waals surface area contributed by atoms with Crippen molar-refractivity contribution in [1.82, 2.24) is 9.97 Å². The number of anilines is 2. The second-order valence-corrected chi connectivity index (χ2v) is 7.40. The summed E-state index contributed by atoms with van der Waals surface area (Å²) < 4.78 is 0. The summed E-state index contributed by atoms with van der Waals surface area (Å²) >= 11 is 1.75. The fourth-order valence-electron chi connectivity index (χ4n) is 2.96. The molecule has 1 aliphatic heterocycles. The van der Waals surface area contributed by atoms with E-state index in [1.54, 1.807) is 11.3 Å². The summed E-state index contributed by atoms with van der Waals surface area (Å²) in [5.41, 5.74) is 0. The number of hydrogen-bond donors (Lipinski definition) is 1. The Hall–Kier alpha value is -1.36. The van der Waals surface area contributed by atoms with E-state index in [1.165, 1.54) is 16.7 Å².